The highest BCUT2D eigenvalue weighted by molar-refractivity contribution is 7.89. The van der Waals surface area contributed by atoms with Crippen LogP contribution in [-0.2, 0) is 10.0 Å². The normalized spacial score (nSPS) is 14.4. The lowest BCUT2D eigenvalue weighted by Gasteiger charge is -2.26. The number of nitrogens with one attached hydrogen (secondary N) is 1. The summed E-state index contributed by atoms with van der Waals surface area (Å²) in [7, 11) is -0.834. The van der Waals surface area contributed by atoms with Crippen molar-refractivity contribution in [1.82, 2.24) is 4.31 Å². The first-order valence-electron chi connectivity index (χ1n) is 10.3. The van der Waals surface area contributed by atoms with E-state index in [1.807, 2.05) is 0 Å². The summed E-state index contributed by atoms with van der Waals surface area (Å²) in [6.07, 6.45) is 4.28. The van der Waals surface area contributed by atoms with E-state index < -0.39 is 15.9 Å². The quantitative estimate of drug-likeness (QED) is 0.574. The van der Waals surface area contributed by atoms with Crippen LogP contribution in [0.15, 0.2) is 53.9 Å². The lowest BCUT2D eigenvalue weighted by molar-refractivity contribution is 0.102. The van der Waals surface area contributed by atoms with Gasteiger partial charge >= 0.3 is 0 Å². The number of hydrogen-bond donors (Lipinski definition) is 1. The van der Waals surface area contributed by atoms with E-state index in [0.29, 0.717) is 42.4 Å². The number of methoxy groups -OCH3 is 2. The van der Waals surface area contributed by atoms with Crippen LogP contribution in [0.4, 0.5) is 5.69 Å². The second-order valence-corrected chi connectivity index (χ2v) is 9.16. The van der Waals surface area contributed by atoms with Crippen LogP contribution < -0.4 is 19.5 Å². The van der Waals surface area contributed by atoms with E-state index >= 15 is 0 Å². The zero-order chi connectivity index (χ0) is 23.1. The largest absolute Gasteiger partial charge is 0.495 e. The first-order valence-corrected chi connectivity index (χ1v) is 11.8. The zero-order valence-electron chi connectivity index (χ0n) is 18.3. The number of hydrogen-bond acceptors (Lipinski definition) is 6. The fraction of sp³-hybridized carbons (Fsp3) is 0.348. The summed E-state index contributed by atoms with van der Waals surface area (Å²) in [5.41, 5.74) is 0.682. The van der Waals surface area contributed by atoms with Crippen molar-refractivity contribution in [2.24, 2.45) is 0 Å². The Morgan fingerprint density at radius 1 is 1.03 bits per heavy atom. The Kier molecular flexibility index (Phi) is 7.76. The molecule has 1 N–H and O–H groups in total. The molecule has 9 heteroatoms. The molecule has 1 aliphatic heterocycles. The molecule has 2 aromatic carbocycles. The van der Waals surface area contributed by atoms with Crippen molar-refractivity contribution in [3.63, 3.8) is 0 Å². The van der Waals surface area contributed by atoms with Crippen LogP contribution in [0.2, 0.25) is 0 Å². The van der Waals surface area contributed by atoms with Crippen LogP contribution in [0, 0.1) is 0 Å². The number of nitrogens with zero attached hydrogens (tertiary/aromatic N) is 1. The highest BCUT2D eigenvalue weighted by Crippen LogP contribution is 2.32. The molecule has 0 aromatic heterocycles. The first kappa shape index (κ1) is 23.6. The first-order chi connectivity index (χ1) is 15.4. The van der Waals surface area contributed by atoms with Gasteiger partial charge in [0.1, 0.15) is 17.3 Å². The number of anilines is 1. The number of rotatable bonds is 9. The number of carbonyl (C=O) groups is 1. The lowest BCUT2D eigenvalue weighted by atomic mass is 10.1. The van der Waals surface area contributed by atoms with E-state index in [1.165, 1.54) is 24.6 Å². The standard InChI is InChI=1S/C23H28N2O6S/c1-4-14-31-19-10-8-17(15-21(19)30-3)23(26)24-18-9-11-20(29-2)22(16-18)32(27,28)25-12-6-5-7-13-25/h4,8-11,15-16H,1,5-7,12-14H2,2-3H3,(H,24,26). The third-order valence-corrected chi connectivity index (χ3v) is 7.06. The van der Waals surface area contributed by atoms with Crippen molar-refractivity contribution in [2.45, 2.75) is 24.2 Å². The van der Waals surface area contributed by atoms with Crippen molar-refractivity contribution in [1.29, 1.82) is 0 Å². The summed E-state index contributed by atoms with van der Waals surface area (Å²) in [6, 6.07) is 9.37. The monoisotopic (exact) mass is 460 g/mol. The molecule has 32 heavy (non-hydrogen) atoms. The highest BCUT2D eigenvalue weighted by atomic mass is 32.2. The summed E-state index contributed by atoms with van der Waals surface area (Å²) in [4.78, 5) is 12.8. The van der Waals surface area contributed by atoms with Crippen molar-refractivity contribution < 1.29 is 27.4 Å². The molecule has 1 saturated heterocycles. The molecule has 0 spiro atoms. The van der Waals surface area contributed by atoms with E-state index in [0.717, 1.165) is 19.3 Å². The Morgan fingerprint density at radius 2 is 1.72 bits per heavy atom. The van der Waals surface area contributed by atoms with Crippen molar-refractivity contribution in [3.8, 4) is 17.2 Å². The molecular formula is C23H28N2O6S. The molecule has 2 aromatic rings. The fourth-order valence-corrected chi connectivity index (χ4v) is 5.18. The Balaban J connectivity index is 1.85. The van der Waals surface area contributed by atoms with Gasteiger partial charge in [-0.1, -0.05) is 19.1 Å². The molecule has 1 amide bonds. The summed E-state index contributed by atoms with van der Waals surface area (Å²) in [5, 5.41) is 2.75. The molecule has 1 heterocycles. The molecule has 1 fully saturated rings. The van der Waals surface area contributed by atoms with Gasteiger partial charge in [0.2, 0.25) is 10.0 Å². The smallest absolute Gasteiger partial charge is 0.255 e. The van der Waals surface area contributed by atoms with Crippen LogP contribution >= 0.6 is 0 Å². The van der Waals surface area contributed by atoms with Gasteiger partial charge in [-0.2, -0.15) is 4.31 Å². The number of sulfonamides is 1. The highest BCUT2D eigenvalue weighted by Gasteiger charge is 2.29. The minimum Gasteiger partial charge on any atom is -0.495 e. The third-order valence-electron chi connectivity index (χ3n) is 5.14. The maximum atomic E-state index is 13.2. The summed E-state index contributed by atoms with van der Waals surface area (Å²) < 4.78 is 43.9. The van der Waals surface area contributed by atoms with Gasteiger partial charge in [-0.15, -0.1) is 0 Å². The van der Waals surface area contributed by atoms with Crippen molar-refractivity contribution in [3.05, 3.63) is 54.6 Å². The minimum atomic E-state index is -3.74. The average Bonchev–Trinajstić information content (AvgIpc) is 2.83. The number of piperidine rings is 1. The molecule has 0 bridgehead atoms. The predicted octanol–water partition coefficient (Wildman–Crippen LogP) is 3.70. The Labute approximate surface area is 188 Å². The Morgan fingerprint density at radius 3 is 2.38 bits per heavy atom. The number of ether oxygens (including phenoxy) is 3. The van der Waals surface area contributed by atoms with Gasteiger partial charge < -0.3 is 19.5 Å². The zero-order valence-corrected chi connectivity index (χ0v) is 19.1. The van der Waals surface area contributed by atoms with Gasteiger partial charge in [0, 0.05) is 24.3 Å². The molecule has 0 aliphatic carbocycles. The maximum absolute atomic E-state index is 13.2. The second-order valence-electron chi connectivity index (χ2n) is 7.25. The molecule has 0 unspecified atom stereocenters. The molecule has 3 rings (SSSR count). The van der Waals surface area contributed by atoms with Crippen LogP contribution in [0.5, 0.6) is 17.2 Å². The minimum absolute atomic E-state index is 0.0328. The average molecular weight is 461 g/mol. The number of benzene rings is 2. The molecule has 8 nitrogen and oxygen atoms in total. The van der Waals surface area contributed by atoms with Gasteiger partial charge in [-0.25, -0.2) is 8.42 Å². The van der Waals surface area contributed by atoms with Gasteiger partial charge in [0.25, 0.3) is 5.91 Å². The Bertz CT molecular complexity index is 1080. The summed E-state index contributed by atoms with van der Waals surface area (Å²) in [5.74, 6) is 0.718. The maximum Gasteiger partial charge on any atom is 0.255 e. The predicted molar refractivity (Wildman–Crippen MR) is 122 cm³/mol. The molecular weight excluding hydrogens is 432 g/mol. The van der Waals surface area contributed by atoms with E-state index in [4.69, 9.17) is 14.2 Å². The van der Waals surface area contributed by atoms with Crippen molar-refractivity contribution >= 4 is 21.6 Å². The third kappa shape index (κ3) is 5.23. The number of carbonyl (C=O) groups excluding carboxylic acids is 1. The van der Waals surface area contributed by atoms with E-state index in [9.17, 15) is 13.2 Å². The van der Waals surface area contributed by atoms with E-state index in [-0.39, 0.29) is 10.6 Å². The Hall–Kier alpha value is -3.04. The van der Waals surface area contributed by atoms with E-state index in [2.05, 4.69) is 11.9 Å². The molecule has 172 valence electrons. The van der Waals surface area contributed by atoms with Gasteiger partial charge in [-0.05, 0) is 49.2 Å². The van der Waals surface area contributed by atoms with Gasteiger partial charge in [-0.3, -0.25) is 4.79 Å². The van der Waals surface area contributed by atoms with Crippen molar-refractivity contribution in [2.75, 3.05) is 39.2 Å². The van der Waals surface area contributed by atoms with Crippen LogP contribution in [-0.4, -0.2) is 52.5 Å². The lowest BCUT2D eigenvalue weighted by Crippen LogP contribution is -2.35. The summed E-state index contributed by atoms with van der Waals surface area (Å²) in [6.45, 7) is 4.86. The van der Waals surface area contributed by atoms with Gasteiger partial charge in [0.15, 0.2) is 11.5 Å². The van der Waals surface area contributed by atoms with E-state index in [1.54, 1.807) is 36.4 Å². The topological polar surface area (TPSA) is 94.2 Å². The molecule has 0 atom stereocenters. The number of amides is 1. The van der Waals surface area contributed by atoms with Crippen LogP contribution in [0.1, 0.15) is 29.6 Å². The summed E-state index contributed by atoms with van der Waals surface area (Å²) >= 11 is 0. The second kappa shape index (κ2) is 10.5. The SMILES string of the molecule is C=CCOc1ccc(C(=O)Nc2ccc(OC)c(S(=O)(=O)N3CCCCC3)c2)cc1OC. The molecule has 1 aliphatic rings. The van der Waals surface area contributed by atoms with Crippen LogP contribution in [0.25, 0.3) is 0 Å². The molecule has 0 radical (unpaired) electrons. The van der Waals surface area contributed by atoms with Gasteiger partial charge in [0.05, 0.1) is 14.2 Å². The fourth-order valence-electron chi connectivity index (χ4n) is 3.48. The molecule has 0 saturated carbocycles. The van der Waals surface area contributed by atoms with Crippen LogP contribution in [0.3, 0.4) is 0 Å².